The molecular formula is C12H15N3OS. The minimum atomic E-state index is -0.796. The van der Waals surface area contributed by atoms with Crippen molar-refractivity contribution in [2.24, 2.45) is 5.41 Å². The summed E-state index contributed by atoms with van der Waals surface area (Å²) in [5, 5.41) is 14.8. The Morgan fingerprint density at radius 3 is 2.88 bits per heavy atom. The van der Waals surface area contributed by atoms with Crippen molar-refractivity contribution in [1.82, 2.24) is 10.3 Å². The van der Waals surface area contributed by atoms with E-state index in [0.717, 1.165) is 24.3 Å². The molecule has 1 aromatic heterocycles. The molecule has 1 heterocycles. The number of nitriles is 1. The van der Waals surface area contributed by atoms with Crippen molar-refractivity contribution < 1.29 is 4.79 Å². The van der Waals surface area contributed by atoms with Gasteiger partial charge in [0, 0.05) is 11.6 Å². The van der Waals surface area contributed by atoms with E-state index >= 15 is 0 Å². The molecular weight excluding hydrogens is 234 g/mol. The number of aromatic nitrogens is 1. The molecule has 1 amide bonds. The molecule has 1 aliphatic rings. The van der Waals surface area contributed by atoms with Gasteiger partial charge in [-0.2, -0.15) is 5.26 Å². The molecule has 0 unspecified atom stereocenters. The third-order valence-corrected chi connectivity index (χ3v) is 4.02. The molecule has 1 fully saturated rings. The number of hydrogen-bond donors (Lipinski definition) is 1. The smallest absolute Gasteiger partial charge is 0.240 e. The van der Waals surface area contributed by atoms with Gasteiger partial charge in [0.2, 0.25) is 5.91 Å². The van der Waals surface area contributed by atoms with Crippen LogP contribution in [-0.2, 0) is 11.3 Å². The predicted molar refractivity (Wildman–Crippen MR) is 65.1 cm³/mol. The molecule has 4 nitrogen and oxygen atoms in total. The van der Waals surface area contributed by atoms with Gasteiger partial charge >= 0.3 is 0 Å². The first-order valence-electron chi connectivity index (χ1n) is 5.85. The van der Waals surface area contributed by atoms with Gasteiger partial charge < -0.3 is 5.32 Å². The Morgan fingerprint density at radius 2 is 2.29 bits per heavy atom. The summed E-state index contributed by atoms with van der Waals surface area (Å²) < 4.78 is 0. The van der Waals surface area contributed by atoms with Crippen LogP contribution in [0.1, 0.15) is 37.1 Å². The number of rotatable bonds is 3. The quantitative estimate of drug-likeness (QED) is 0.893. The van der Waals surface area contributed by atoms with Crippen LogP contribution in [0.2, 0.25) is 0 Å². The summed E-state index contributed by atoms with van der Waals surface area (Å²) >= 11 is 1.51. The number of amides is 1. The maximum absolute atomic E-state index is 12.1. The molecule has 5 heteroatoms. The zero-order valence-electron chi connectivity index (χ0n) is 9.61. The van der Waals surface area contributed by atoms with Gasteiger partial charge in [0.25, 0.3) is 0 Å². The molecule has 0 aromatic carbocycles. The maximum atomic E-state index is 12.1. The van der Waals surface area contributed by atoms with E-state index in [4.69, 9.17) is 0 Å². The van der Waals surface area contributed by atoms with E-state index in [1.54, 1.807) is 6.20 Å². The van der Waals surface area contributed by atoms with Crippen LogP contribution in [0.3, 0.4) is 0 Å². The fourth-order valence-corrected chi connectivity index (χ4v) is 2.77. The molecule has 0 spiro atoms. The van der Waals surface area contributed by atoms with Crippen molar-refractivity contribution in [1.29, 1.82) is 5.26 Å². The van der Waals surface area contributed by atoms with E-state index in [0.29, 0.717) is 19.4 Å². The molecule has 1 aromatic rings. The Hall–Kier alpha value is -1.41. The molecule has 0 radical (unpaired) electrons. The fourth-order valence-electron chi connectivity index (χ4n) is 2.21. The summed E-state index contributed by atoms with van der Waals surface area (Å²) in [4.78, 5) is 16.2. The first kappa shape index (κ1) is 12.1. The number of carbonyl (C=O) groups excluding carboxylic acids is 1. The van der Waals surface area contributed by atoms with E-state index in [9.17, 15) is 10.1 Å². The number of hydrogen-bond acceptors (Lipinski definition) is 4. The normalized spacial score (nSPS) is 18.3. The first-order chi connectivity index (χ1) is 8.27. The third-order valence-electron chi connectivity index (χ3n) is 3.24. The molecule has 0 aliphatic heterocycles. The van der Waals surface area contributed by atoms with Crippen molar-refractivity contribution >= 4 is 17.2 Å². The Morgan fingerprint density at radius 1 is 1.53 bits per heavy atom. The molecule has 1 saturated carbocycles. The Labute approximate surface area is 105 Å². The zero-order chi connectivity index (χ0) is 12.1. The van der Waals surface area contributed by atoms with Gasteiger partial charge in [0.1, 0.15) is 10.4 Å². The summed E-state index contributed by atoms with van der Waals surface area (Å²) in [5.41, 5.74) is -0.796. The van der Waals surface area contributed by atoms with Gasteiger partial charge in [0.05, 0.1) is 12.6 Å². The fraction of sp³-hybridized carbons (Fsp3) is 0.583. The lowest BCUT2D eigenvalue weighted by molar-refractivity contribution is -0.129. The van der Waals surface area contributed by atoms with Crippen LogP contribution in [0, 0.1) is 16.7 Å². The lowest BCUT2D eigenvalue weighted by Crippen LogP contribution is -2.41. The van der Waals surface area contributed by atoms with Gasteiger partial charge in [-0.05, 0) is 12.8 Å². The summed E-state index contributed by atoms with van der Waals surface area (Å²) in [5.74, 6) is -0.130. The average Bonchev–Trinajstić information content (AvgIpc) is 2.90. The summed E-state index contributed by atoms with van der Waals surface area (Å²) in [7, 11) is 0. The van der Waals surface area contributed by atoms with Crippen LogP contribution in [0.4, 0.5) is 0 Å². The monoisotopic (exact) mass is 249 g/mol. The zero-order valence-corrected chi connectivity index (χ0v) is 10.4. The second-order valence-corrected chi connectivity index (χ2v) is 5.34. The molecule has 0 saturated heterocycles. The predicted octanol–water partition coefficient (Wildman–Crippen LogP) is 2.23. The largest absolute Gasteiger partial charge is 0.348 e. The highest BCUT2D eigenvalue weighted by atomic mass is 32.1. The van der Waals surface area contributed by atoms with Gasteiger partial charge in [-0.25, -0.2) is 4.98 Å². The van der Waals surface area contributed by atoms with Gasteiger partial charge in [-0.1, -0.05) is 19.3 Å². The SMILES string of the molecule is N#CC1(C(=O)NCc2nccs2)CCCCC1. The summed E-state index contributed by atoms with van der Waals surface area (Å²) in [6.07, 6.45) is 6.16. The van der Waals surface area contributed by atoms with Crippen molar-refractivity contribution in [3.63, 3.8) is 0 Å². The molecule has 1 aliphatic carbocycles. The number of nitrogens with one attached hydrogen (secondary N) is 1. The second kappa shape index (κ2) is 5.28. The Balaban J connectivity index is 1.96. The molecule has 0 atom stereocenters. The highest BCUT2D eigenvalue weighted by Gasteiger charge is 2.39. The van der Waals surface area contributed by atoms with Crippen LogP contribution in [-0.4, -0.2) is 10.9 Å². The van der Waals surface area contributed by atoms with Crippen LogP contribution in [0.25, 0.3) is 0 Å². The lowest BCUT2D eigenvalue weighted by atomic mass is 9.74. The number of thiazole rings is 1. The van der Waals surface area contributed by atoms with Crippen LogP contribution >= 0.6 is 11.3 Å². The van der Waals surface area contributed by atoms with Gasteiger partial charge in [-0.3, -0.25) is 4.79 Å². The topological polar surface area (TPSA) is 65.8 Å². The van der Waals surface area contributed by atoms with Crippen molar-refractivity contribution in [2.75, 3.05) is 0 Å². The van der Waals surface area contributed by atoms with E-state index < -0.39 is 5.41 Å². The Kier molecular flexibility index (Phi) is 3.75. The molecule has 90 valence electrons. The van der Waals surface area contributed by atoms with Crippen molar-refractivity contribution in [3.05, 3.63) is 16.6 Å². The van der Waals surface area contributed by atoms with E-state index in [1.165, 1.54) is 11.3 Å². The standard InChI is InChI=1S/C12H15N3OS/c13-9-12(4-2-1-3-5-12)11(16)15-8-10-14-6-7-17-10/h6-7H,1-5,8H2,(H,15,16). The lowest BCUT2D eigenvalue weighted by Gasteiger charge is -2.28. The van der Waals surface area contributed by atoms with Crippen molar-refractivity contribution in [3.8, 4) is 6.07 Å². The van der Waals surface area contributed by atoms with Gasteiger partial charge in [-0.15, -0.1) is 11.3 Å². The van der Waals surface area contributed by atoms with E-state index in [-0.39, 0.29) is 5.91 Å². The summed E-state index contributed by atoms with van der Waals surface area (Å²) in [6.45, 7) is 0.430. The number of carbonyl (C=O) groups is 1. The van der Waals surface area contributed by atoms with Crippen LogP contribution in [0.15, 0.2) is 11.6 Å². The molecule has 1 N–H and O–H groups in total. The maximum Gasteiger partial charge on any atom is 0.240 e. The summed E-state index contributed by atoms with van der Waals surface area (Å²) in [6, 6.07) is 2.22. The average molecular weight is 249 g/mol. The third kappa shape index (κ3) is 2.64. The van der Waals surface area contributed by atoms with E-state index in [1.807, 2.05) is 5.38 Å². The highest BCUT2D eigenvalue weighted by Crippen LogP contribution is 2.35. The minimum Gasteiger partial charge on any atom is -0.348 e. The van der Waals surface area contributed by atoms with Crippen LogP contribution in [0.5, 0.6) is 0 Å². The minimum absolute atomic E-state index is 0.130. The van der Waals surface area contributed by atoms with Crippen molar-refractivity contribution in [2.45, 2.75) is 38.6 Å². The molecule has 2 rings (SSSR count). The van der Waals surface area contributed by atoms with Crippen LogP contribution < -0.4 is 5.32 Å². The van der Waals surface area contributed by atoms with Gasteiger partial charge in [0.15, 0.2) is 0 Å². The van der Waals surface area contributed by atoms with E-state index in [2.05, 4.69) is 16.4 Å². The first-order valence-corrected chi connectivity index (χ1v) is 6.73. The molecule has 0 bridgehead atoms. The number of nitrogens with zero attached hydrogens (tertiary/aromatic N) is 2. The second-order valence-electron chi connectivity index (χ2n) is 4.36. The Bertz CT molecular complexity index is 415. The highest BCUT2D eigenvalue weighted by molar-refractivity contribution is 7.09. The molecule has 17 heavy (non-hydrogen) atoms.